The Morgan fingerprint density at radius 1 is 1.13 bits per heavy atom. The standard InChI is InChI=1S/C12H17N3/c1-8-10-6-7-15(12(3,4)5)11(10)14-9(2)13-8/h6-7H,1-5H3. The molecule has 15 heavy (non-hydrogen) atoms. The van der Waals surface area contributed by atoms with Crippen molar-refractivity contribution in [2.45, 2.75) is 40.2 Å². The molecule has 0 N–H and O–H groups in total. The third-order valence-electron chi connectivity index (χ3n) is 2.57. The number of hydrogen-bond donors (Lipinski definition) is 0. The summed E-state index contributed by atoms with van der Waals surface area (Å²) in [6.45, 7) is 10.5. The number of aromatic nitrogens is 3. The Kier molecular flexibility index (Phi) is 2.07. The molecule has 0 amide bonds. The van der Waals surface area contributed by atoms with Gasteiger partial charge in [0.1, 0.15) is 11.5 Å². The van der Waals surface area contributed by atoms with E-state index < -0.39 is 0 Å². The highest BCUT2D eigenvalue weighted by Crippen LogP contribution is 2.23. The van der Waals surface area contributed by atoms with E-state index in [2.05, 4.69) is 47.6 Å². The molecule has 0 aliphatic heterocycles. The largest absolute Gasteiger partial charge is 0.327 e. The van der Waals surface area contributed by atoms with E-state index in [1.165, 1.54) is 0 Å². The number of aryl methyl sites for hydroxylation is 2. The monoisotopic (exact) mass is 203 g/mol. The summed E-state index contributed by atoms with van der Waals surface area (Å²) in [6, 6.07) is 2.09. The molecule has 2 rings (SSSR count). The first kappa shape index (κ1) is 10.1. The van der Waals surface area contributed by atoms with Gasteiger partial charge in [0.05, 0.1) is 5.69 Å². The SMILES string of the molecule is Cc1nc(C)c2ccn(C(C)(C)C)c2n1. The summed E-state index contributed by atoms with van der Waals surface area (Å²) in [5.41, 5.74) is 2.16. The van der Waals surface area contributed by atoms with Gasteiger partial charge in [-0.05, 0) is 40.7 Å². The third-order valence-corrected chi connectivity index (χ3v) is 2.57. The van der Waals surface area contributed by atoms with Gasteiger partial charge in [0.2, 0.25) is 0 Å². The Labute approximate surface area is 90.2 Å². The van der Waals surface area contributed by atoms with E-state index in [9.17, 15) is 0 Å². The maximum Gasteiger partial charge on any atom is 0.144 e. The van der Waals surface area contributed by atoms with Crippen LogP contribution in [0.4, 0.5) is 0 Å². The Balaban J connectivity index is 2.80. The number of fused-ring (bicyclic) bond motifs is 1. The molecular formula is C12H17N3. The lowest BCUT2D eigenvalue weighted by atomic mass is 10.1. The number of nitrogens with zero attached hydrogens (tertiary/aromatic N) is 3. The van der Waals surface area contributed by atoms with Gasteiger partial charge in [-0.25, -0.2) is 9.97 Å². The van der Waals surface area contributed by atoms with Crippen molar-refractivity contribution < 1.29 is 0 Å². The van der Waals surface area contributed by atoms with Gasteiger partial charge in [-0.15, -0.1) is 0 Å². The molecule has 3 heteroatoms. The van der Waals surface area contributed by atoms with Gasteiger partial charge in [-0.1, -0.05) is 0 Å². The highest BCUT2D eigenvalue weighted by atomic mass is 15.1. The minimum Gasteiger partial charge on any atom is -0.327 e. The minimum atomic E-state index is 0.0645. The lowest BCUT2D eigenvalue weighted by Gasteiger charge is -2.22. The van der Waals surface area contributed by atoms with Gasteiger partial charge < -0.3 is 4.57 Å². The van der Waals surface area contributed by atoms with Crippen molar-refractivity contribution in [2.75, 3.05) is 0 Å². The van der Waals surface area contributed by atoms with Crippen molar-refractivity contribution in [1.29, 1.82) is 0 Å². The molecule has 0 aliphatic rings. The zero-order valence-electron chi connectivity index (χ0n) is 10.00. The van der Waals surface area contributed by atoms with E-state index >= 15 is 0 Å². The zero-order chi connectivity index (χ0) is 11.2. The number of rotatable bonds is 0. The van der Waals surface area contributed by atoms with Crippen LogP contribution in [0.25, 0.3) is 11.0 Å². The van der Waals surface area contributed by atoms with Gasteiger partial charge in [0.15, 0.2) is 0 Å². The molecular weight excluding hydrogens is 186 g/mol. The first-order chi connectivity index (χ1) is 6.89. The Bertz CT molecular complexity index is 503. The van der Waals surface area contributed by atoms with Crippen LogP contribution in [-0.4, -0.2) is 14.5 Å². The molecule has 0 fully saturated rings. The van der Waals surface area contributed by atoms with Crippen LogP contribution in [0.15, 0.2) is 12.3 Å². The van der Waals surface area contributed by atoms with Crippen LogP contribution in [0.1, 0.15) is 32.3 Å². The minimum absolute atomic E-state index is 0.0645. The van der Waals surface area contributed by atoms with Crippen LogP contribution in [0.2, 0.25) is 0 Å². The summed E-state index contributed by atoms with van der Waals surface area (Å²) < 4.78 is 2.20. The molecule has 0 aliphatic carbocycles. The lowest BCUT2D eigenvalue weighted by Crippen LogP contribution is -2.21. The molecule has 2 aromatic heterocycles. The van der Waals surface area contributed by atoms with Crippen molar-refractivity contribution in [3.63, 3.8) is 0 Å². The van der Waals surface area contributed by atoms with Crippen molar-refractivity contribution >= 4 is 11.0 Å². The van der Waals surface area contributed by atoms with Gasteiger partial charge in [0, 0.05) is 17.1 Å². The maximum absolute atomic E-state index is 4.51. The fourth-order valence-corrected chi connectivity index (χ4v) is 1.84. The van der Waals surface area contributed by atoms with E-state index in [0.717, 1.165) is 22.6 Å². The van der Waals surface area contributed by atoms with Gasteiger partial charge >= 0.3 is 0 Å². The predicted molar refractivity (Wildman–Crippen MR) is 62.0 cm³/mol. The molecule has 3 nitrogen and oxygen atoms in total. The summed E-state index contributed by atoms with van der Waals surface area (Å²) >= 11 is 0. The van der Waals surface area contributed by atoms with Crippen LogP contribution in [0.5, 0.6) is 0 Å². The van der Waals surface area contributed by atoms with E-state index in [4.69, 9.17) is 0 Å². The zero-order valence-corrected chi connectivity index (χ0v) is 10.00. The highest BCUT2D eigenvalue weighted by molar-refractivity contribution is 5.78. The van der Waals surface area contributed by atoms with Crippen LogP contribution in [0.3, 0.4) is 0 Å². The van der Waals surface area contributed by atoms with Crippen LogP contribution < -0.4 is 0 Å². The van der Waals surface area contributed by atoms with Crippen LogP contribution in [0, 0.1) is 13.8 Å². The van der Waals surface area contributed by atoms with Gasteiger partial charge in [-0.3, -0.25) is 0 Å². The second kappa shape index (κ2) is 3.05. The predicted octanol–water partition coefficient (Wildman–Crippen LogP) is 2.80. The molecule has 0 saturated carbocycles. The molecule has 80 valence electrons. The van der Waals surface area contributed by atoms with E-state index in [1.807, 2.05) is 13.8 Å². The molecule has 0 atom stereocenters. The topological polar surface area (TPSA) is 30.7 Å². The third kappa shape index (κ3) is 1.62. The Hall–Kier alpha value is -1.38. The van der Waals surface area contributed by atoms with E-state index in [-0.39, 0.29) is 5.54 Å². The Morgan fingerprint density at radius 2 is 1.80 bits per heavy atom. The molecule has 0 saturated heterocycles. The molecule has 0 aromatic carbocycles. The fourth-order valence-electron chi connectivity index (χ4n) is 1.84. The molecule has 2 aromatic rings. The average molecular weight is 203 g/mol. The summed E-state index contributed by atoms with van der Waals surface area (Å²) in [4.78, 5) is 8.89. The maximum atomic E-state index is 4.51. The summed E-state index contributed by atoms with van der Waals surface area (Å²) in [6.07, 6.45) is 2.09. The van der Waals surface area contributed by atoms with Crippen LogP contribution in [-0.2, 0) is 5.54 Å². The first-order valence-electron chi connectivity index (χ1n) is 5.22. The normalized spacial score (nSPS) is 12.3. The second-order valence-corrected chi connectivity index (χ2v) is 4.95. The quantitative estimate of drug-likeness (QED) is 0.659. The highest BCUT2D eigenvalue weighted by Gasteiger charge is 2.17. The molecule has 0 spiro atoms. The molecule has 0 bridgehead atoms. The molecule has 0 radical (unpaired) electrons. The fraction of sp³-hybridized carbons (Fsp3) is 0.500. The number of hydrogen-bond acceptors (Lipinski definition) is 2. The average Bonchev–Trinajstić information content (AvgIpc) is 2.45. The van der Waals surface area contributed by atoms with Gasteiger partial charge in [0.25, 0.3) is 0 Å². The summed E-state index contributed by atoms with van der Waals surface area (Å²) in [5.74, 6) is 0.837. The van der Waals surface area contributed by atoms with Crippen molar-refractivity contribution in [2.24, 2.45) is 0 Å². The second-order valence-electron chi connectivity index (χ2n) is 4.95. The summed E-state index contributed by atoms with van der Waals surface area (Å²) in [5, 5.41) is 1.15. The smallest absolute Gasteiger partial charge is 0.144 e. The summed E-state index contributed by atoms with van der Waals surface area (Å²) in [7, 11) is 0. The van der Waals surface area contributed by atoms with Crippen molar-refractivity contribution in [3.8, 4) is 0 Å². The van der Waals surface area contributed by atoms with E-state index in [1.54, 1.807) is 0 Å². The first-order valence-corrected chi connectivity index (χ1v) is 5.22. The molecule has 2 heterocycles. The van der Waals surface area contributed by atoms with Gasteiger partial charge in [-0.2, -0.15) is 0 Å². The lowest BCUT2D eigenvalue weighted by molar-refractivity contribution is 0.408. The van der Waals surface area contributed by atoms with E-state index in [0.29, 0.717) is 0 Å². The van der Waals surface area contributed by atoms with Crippen LogP contribution >= 0.6 is 0 Å². The Morgan fingerprint density at radius 3 is 2.40 bits per heavy atom. The van der Waals surface area contributed by atoms with Crippen molar-refractivity contribution in [3.05, 3.63) is 23.8 Å². The van der Waals surface area contributed by atoms with Crippen molar-refractivity contribution in [1.82, 2.24) is 14.5 Å². The molecule has 0 unspecified atom stereocenters.